The van der Waals surface area contributed by atoms with E-state index in [2.05, 4.69) is 10.3 Å². The molecule has 0 aliphatic rings. The van der Waals surface area contributed by atoms with Gasteiger partial charge in [0.05, 0.1) is 10.7 Å². The zero-order chi connectivity index (χ0) is 14.0. The molecule has 0 amide bonds. The number of nitrogens with two attached hydrogens (primary N) is 1. The van der Waals surface area contributed by atoms with Crippen molar-refractivity contribution in [2.45, 2.75) is 13.8 Å². The smallest absolute Gasteiger partial charge is 0.131 e. The lowest BCUT2D eigenvalue weighted by molar-refractivity contribution is 1.19. The van der Waals surface area contributed by atoms with Crippen molar-refractivity contribution in [2.24, 2.45) is 5.73 Å². The molecule has 2 aromatic rings. The van der Waals surface area contributed by atoms with Gasteiger partial charge in [0.1, 0.15) is 10.8 Å². The average molecular weight is 292 g/mol. The van der Waals surface area contributed by atoms with E-state index in [4.69, 9.17) is 29.6 Å². The summed E-state index contributed by atoms with van der Waals surface area (Å²) in [5, 5.41) is 3.84. The van der Waals surface area contributed by atoms with E-state index in [-0.39, 0.29) is 0 Å². The van der Waals surface area contributed by atoms with Crippen molar-refractivity contribution in [3.05, 3.63) is 52.2 Å². The highest BCUT2D eigenvalue weighted by atomic mass is 35.5. The molecule has 0 aliphatic carbocycles. The molecule has 1 aromatic carbocycles. The van der Waals surface area contributed by atoms with Crippen LogP contribution in [0.3, 0.4) is 0 Å². The minimum absolute atomic E-state index is 0.351. The molecule has 1 aromatic heterocycles. The van der Waals surface area contributed by atoms with Crippen LogP contribution in [-0.4, -0.2) is 9.97 Å². The number of halogens is 1. The van der Waals surface area contributed by atoms with Crippen molar-refractivity contribution in [3.8, 4) is 0 Å². The van der Waals surface area contributed by atoms with Gasteiger partial charge in [-0.05, 0) is 43.7 Å². The molecule has 19 heavy (non-hydrogen) atoms. The molecule has 3 nitrogen and oxygen atoms in total. The van der Waals surface area contributed by atoms with Gasteiger partial charge in [-0.1, -0.05) is 29.9 Å². The topological polar surface area (TPSA) is 50.9 Å². The van der Waals surface area contributed by atoms with Crippen molar-refractivity contribution in [2.75, 3.05) is 5.32 Å². The number of anilines is 2. The third-order valence-electron chi connectivity index (χ3n) is 2.62. The molecule has 1 heterocycles. The molecule has 5 heteroatoms. The maximum atomic E-state index is 6.15. The molecule has 0 saturated heterocycles. The van der Waals surface area contributed by atoms with Crippen LogP contribution in [0.4, 0.5) is 11.5 Å². The number of aromatic nitrogens is 1. The summed E-state index contributed by atoms with van der Waals surface area (Å²) in [6.45, 7) is 3.90. The molecule has 0 bridgehead atoms. The minimum Gasteiger partial charge on any atom is -0.389 e. The Kier molecular flexibility index (Phi) is 4.02. The van der Waals surface area contributed by atoms with Gasteiger partial charge in [0.25, 0.3) is 0 Å². The predicted octanol–water partition coefficient (Wildman–Crippen LogP) is 3.73. The number of benzene rings is 1. The molecule has 0 fully saturated rings. The molecule has 0 saturated carbocycles. The first-order valence-electron chi connectivity index (χ1n) is 5.77. The first-order chi connectivity index (χ1) is 8.95. The molecule has 0 radical (unpaired) electrons. The molecule has 98 valence electrons. The predicted molar refractivity (Wildman–Crippen MR) is 84.3 cm³/mol. The first kappa shape index (κ1) is 13.8. The van der Waals surface area contributed by atoms with E-state index in [0.717, 1.165) is 22.5 Å². The lowest BCUT2D eigenvalue weighted by Gasteiger charge is -2.10. The van der Waals surface area contributed by atoms with Crippen LogP contribution in [0.5, 0.6) is 0 Å². The van der Waals surface area contributed by atoms with Gasteiger partial charge in [0.15, 0.2) is 0 Å². The van der Waals surface area contributed by atoms with Crippen molar-refractivity contribution >= 4 is 40.3 Å². The van der Waals surface area contributed by atoms with Crippen LogP contribution in [-0.2, 0) is 0 Å². The number of hydrogen-bond acceptors (Lipinski definition) is 3. The lowest BCUT2D eigenvalue weighted by atomic mass is 10.2. The molecule has 0 unspecified atom stereocenters. The highest BCUT2D eigenvalue weighted by molar-refractivity contribution is 7.80. The van der Waals surface area contributed by atoms with Crippen LogP contribution in [0.25, 0.3) is 0 Å². The van der Waals surface area contributed by atoms with Crippen LogP contribution in [0.15, 0.2) is 30.3 Å². The SMILES string of the molecule is Cc1ccc(Cl)c(Nc2cc(C(N)=S)cc(C)n2)c1. The summed E-state index contributed by atoms with van der Waals surface area (Å²) in [5.41, 5.74) is 9.21. The van der Waals surface area contributed by atoms with Gasteiger partial charge < -0.3 is 11.1 Å². The Morgan fingerprint density at radius 1 is 1.26 bits per heavy atom. The molecule has 0 spiro atoms. The summed E-state index contributed by atoms with van der Waals surface area (Å²) in [5.74, 6) is 0.676. The summed E-state index contributed by atoms with van der Waals surface area (Å²) in [6.07, 6.45) is 0. The highest BCUT2D eigenvalue weighted by Crippen LogP contribution is 2.26. The fourth-order valence-electron chi connectivity index (χ4n) is 1.75. The van der Waals surface area contributed by atoms with Gasteiger partial charge in [0.2, 0.25) is 0 Å². The number of nitrogens with one attached hydrogen (secondary N) is 1. The summed E-state index contributed by atoms with van der Waals surface area (Å²) in [7, 11) is 0. The lowest BCUT2D eigenvalue weighted by Crippen LogP contribution is -2.10. The quantitative estimate of drug-likeness (QED) is 0.846. The Hall–Kier alpha value is -1.65. The van der Waals surface area contributed by atoms with Crippen LogP contribution >= 0.6 is 23.8 Å². The first-order valence-corrected chi connectivity index (χ1v) is 6.56. The fourth-order valence-corrected chi connectivity index (χ4v) is 2.03. The van der Waals surface area contributed by atoms with E-state index >= 15 is 0 Å². The third-order valence-corrected chi connectivity index (χ3v) is 3.19. The molecule has 2 rings (SSSR count). The molecule has 0 atom stereocenters. The third kappa shape index (κ3) is 3.43. The average Bonchev–Trinajstić information content (AvgIpc) is 2.33. The van der Waals surface area contributed by atoms with E-state index < -0.39 is 0 Å². The number of nitrogens with zero attached hydrogens (tertiary/aromatic N) is 1. The summed E-state index contributed by atoms with van der Waals surface area (Å²) >= 11 is 11.1. The summed E-state index contributed by atoms with van der Waals surface area (Å²) in [6, 6.07) is 9.44. The van der Waals surface area contributed by atoms with E-state index in [9.17, 15) is 0 Å². The zero-order valence-electron chi connectivity index (χ0n) is 10.7. The Labute approximate surface area is 122 Å². The Bertz CT molecular complexity index is 641. The maximum Gasteiger partial charge on any atom is 0.131 e. The van der Waals surface area contributed by atoms with Crippen LogP contribution in [0.2, 0.25) is 5.02 Å². The largest absolute Gasteiger partial charge is 0.389 e. The molecule has 3 N–H and O–H groups in total. The van der Waals surface area contributed by atoms with Crippen molar-refractivity contribution in [3.63, 3.8) is 0 Å². The van der Waals surface area contributed by atoms with Crippen LogP contribution < -0.4 is 11.1 Å². The Balaban J connectivity index is 2.38. The zero-order valence-corrected chi connectivity index (χ0v) is 12.3. The van der Waals surface area contributed by atoms with Crippen molar-refractivity contribution < 1.29 is 0 Å². The summed E-state index contributed by atoms with van der Waals surface area (Å²) in [4.78, 5) is 4.75. The minimum atomic E-state index is 0.351. The molecule has 0 aliphatic heterocycles. The second-order valence-electron chi connectivity index (χ2n) is 4.35. The second-order valence-corrected chi connectivity index (χ2v) is 5.20. The number of pyridine rings is 1. The number of rotatable bonds is 3. The second kappa shape index (κ2) is 5.55. The monoisotopic (exact) mass is 291 g/mol. The van der Waals surface area contributed by atoms with Gasteiger partial charge in [-0.15, -0.1) is 0 Å². The normalized spacial score (nSPS) is 10.3. The molecular formula is C14H14ClN3S. The van der Waals surface area contributed by atoms with Crippen LogP contribution in [0, 0.1) is 13.8 Å². The van der Waals surface area contributed by atoms with Crippen molar-refractivity contribution in [1.82, 2.24) is 4.98 Å². The standard InChI is InChI=1S/C14H14ClN3S/c1-8-3-4-11(15)12(5-8)18-13-7-10(14(16)19)6-9(2)17-13/h3-7H,1-2H3,(H2,16,19)(H,17,18). The molecular weight excluding hydrogens is 278 g/mol. The van der Waals surface area contributed by atoms with Gasteiger partial charge in [0, 0.05) is 11.3 Å². The van der Waals surface area contributed by atoms with E-state index in [1.165, 1.54) is 0 Å². The van der Waals surface area contributed by atoms with Gasteiger partial charge in [-0.2, -0.15) is 0 Å². The fraction of sp³-hybridized carbons (Fsp3) is 0.143. The number of thiocarbonyl (C=S) groups is 1. The number of aryl methyl sites for hydroxylation is 2. The Morgan fingerprint density at radius 2 is 2.00 bits per heavy atom. The van der Waals surface area contributed by atoms with Gasteiger partial charge in [-0.3, -0.25) is 0 Å². The Morgan fingerprint density at radius 3 is 2.68 bits per heavy atom. The van der Waals surface area contributed by atoms with Gasteiger partial charge in [-0.25, -0.2) is 4.98 Å². The maximum absolute atomic E-state index is 6.15. The van der Waals surface area contributed by atoms with Crippen LogP contribution in [0.1, 0.15) is 16.8 Å². The van der Waals surface area contributed by atoms with E-state index in [1.54, 1.807) is 0 Å². The number of hydrogen-bond donors (Lipinski definition) is 2. The van der Waals surface area contributed by atoms with Crippen molar-refractivity contribution in [1.29, 1.82) is 0 Å². The van der Waals surface area contributed by atoms with Gasteiger partial charge >= 0.3 is 0 Å². The van der Waals surface area contributed by atoms with E-state index in [0.29, 0.717) is 15.8 Å². The van der Waals surface area contributed by atoms with E-state index in [1.807, 2.05) is 44.2 Å². The highest BCUT2D eigenvalue weighted by Gasteiger charge is 2.05. The summed E-state index contributed by atoms with van der Waals surface area (Å²) < 4.78 is 0.